The van der Waals surface area contributed by atoms with Crippen molar-refractivity contribution in [3.05, 3.63) is 76.6 Å². The lowest BCUT2D eigenvalue weighted by Gasteiger charge is -2.16. The van der Waals surface area contributed by atoms with Crippen LogP contribution in [0, 0.1) is 17.0 Å². The van der Waals surface area contributed by atoms with E-state index in [2.05, 4.69) is 22.1 Å². The summed E-state index contributed by atoms with van der Waals surface area (Å²) in [6.07, 6.45) is 1.29. The lowest BCUT2D eigenvalue weighted by atomic mass is 10.2. The molecule has 1 heterocycles. The third kappa shape index (κ3) is 6.13. The molecule has 0 saturated carbocycles. The predicted octanol–water partition coefficient (Wildman–Crippen LogP) is 4.56. The van der Waals surface area contributed by atoms with Gasteiger partial charge in [-0.25, -0.2) is 0 Å². The Morgan fingerprint density at radius 3 is 2.76 bits per heavy atom. The highest BCUT2D eigenvalue weighted by Gasteiger charge is 2.20. The van der Waals surface area contributed by atoms with Gasteiger partial charge in [0.2, 0.25) is 5.91 Å². The van der Waals surface area contributed by atoms with Crippen LogP contribution in [0.3, 0.4) is 0 Å². The van der Waals surface area contributed by atoms with Crippen molar-refractivity contribution in [2.24, 2.45) is 0 Å². The van der Waals surface area contributed by atoms with Crippen molar-refractivity contribution in [2.45, 2.75) is 31.7 Å². The number of nitro groups is 1. The molecule has 178 valence electrons. The number of ether oxygens (including phenoxy) is 2. The van der Waals surface area contributed by atoms with Gasteiger partial charge in [0.1, 0.15) is 11.5 Å². The zero-order valence-corrected chi connectivity index (χ0v) is 19.9. The maximum Gasteiger partial charge on any atom is 0.274 e. The first-order chi connectivity index (χ1) is 16.3. The van der Waals surface area contributed by atoms with Crippen molar-refractivity contribution in [3.63, 3.8) is 0 Å². The number of benzene rings is 2. The highest BCUT2D eigenvalue weighted by atomic mass is 32.2. The molecule has 3 rings (SSSR count). The first kappa shape index (κ1) is 24.8. The molecule has 0 aliphatic rings. The van der Waals surface area contributed by atoms with Gasteiger partial charge in [0, 0.05) is 29.9 Å². The Bertz CT molecular complexity index is 1200. The van der Waals surface area contributed by atoms with E-state index in [0.717, 1.165) is 0 Å². The third-order valence-corrected chi connectivity index (χ3v) is 5.76. The molecule has 3 aromatic rings. The van der Waals surface area contributed by atoms with E-state index in [4.69, 9.17) is 9.47 Å². The van der Waals surface area contributed by atoms with Crippen LogP contribution in [0.2, 0.25) is 0 Å². The summed E-state index contributed by atoms with van der Waals surface area (Å²) in [6.45, 7) is 7.72. The Morgan fingerprint density at radius 1 is 1.29 bits per heavy atom. The van der Waals surface area contributed by atoms with Crippen LogP contribution in [-0.2, 0) is 11.3 Å². The predicted molar refractivity (Wildman–Crippen MR) is 129 cm³/mol. The molecule has 0 spiro atoms. The monoisotopic (exact) mass is 483 g/mol. The molecular formula is C23H25N5O5S. The van der Waals surface area contributed by atoms with Crippen molar-refractivity contribution < 1.29 is 19.2 Å². The SMILES string of the molecule is C=CCn1c(SCC(=O)Nc2ccc(C)c([N+](=O)[O-])c2)nnc1C(C)Oc1cccc(OC)c1. The van der Waals surface area contributed by atoms with E-state index in [1.165, 1.54) is 17.8 Å². The Kier molecular flexibility index (Phi) is 8.25. The van der Waals surface area contributed by atoms with Crippen LogP contribution in [0.15, 0.2) is 60.3 Å². The van der Waals surface area contributed by atoms with Crippen LogP contribution < -0.4 is 14.8 Å². The number of nitrogens with zero attached hydrogens (tertiary/aromatic N) is 4. The minimum Gasteiger partial charge on any atom is -0.497 e. The smallest absolute Gasteiger partial charge is 0.274 e. The Morgan fingerprint density at radius 2 is 2.06 bits per heavy atom. The summed E-state index contributed by atoms with van der Waals surface area (Å²) in [5, 5.41) is 22.8. The second-order valence-corrected chi connectivity index (χ2v) is 8.22. The van der Waals surface area contributed by atoms with Gasteiger partial charge in [0.25, 0.3) is 5.69 Å². The average Bonchev–Trinajstić information content (AvgIpc) is 3.22. The van der Waals surface area contributed by atoms with Gasteiger partial charge >= 0.3 is 0 Å². The molecule has 1 atom stereocenters. The summed E-state index contributed by atoms with van der Waals surface area (Å²) in [5.41, 5.74) is 0.829. The van der Waals surface area contributed by atoms with Gasteiger partial charge in [-0.05, 0) is 32.0 Å². The molecule has 0 radical (unpaired) electrons. The number of hydrogen-bond acceptors (Lipinski definition) is 8. The van der Waals surface area contributed by atoms with E-state index in [0.29, 0.717) is 40.3 Å². The van der Waals surface area contributed by atoms with Crippen molar-refractivity contribution in [3.8, 4) is 11.5 Å². The molecule has 0 aliphatic heterocycles. The van der Waals surface area contributed by atoms with E-state index in [-0.39, 0.29) is 17.3 Å². The fourth-order valence-electron chi connectivity index (χ4n) is 3.15. The van der Waals surface area contributed by atoms with Crippen molar-refractivity contribution in [2.75, 3.05) is 18.2 Å². The molecule has 1 amide bonds. The highest BCUT2D eigenvalue weighted by Crippen LogP contribution is 2.27. The van der Waals surface area contributed by atoms with Gasteiger partial charge in [-0.3, -0.25) is 19.5 Å². The van der Waals surface area contributed by atoms with Crippen LogP contribution in [0.5, 0.6) is 11.5 Å². The van der Waals surface area contributed by atoms with Crippen LogP contribution in [0.1, 0.15) is 24.4 Å². The Balaban J connectivity index is 1.68. The number of anilines is 1. The zero-order valence-electron chi connectivity index (χ0n) is 19.1. The van der Waals surface area contributed by atoms with Gasteiger partial charge in [-0.2, -0.15) is 0 Å². The first-order valence-electron chi connectivity index (χ1n) is 10.3. The largest absolute Gasteiger partial charge is 0.497 e. The fourth-order valence-corrected chi connectivity index (χ4v) is 3.91. The van der Waals surface area contributed by atoms with E-state index < -0.39 is 11.0 Å². The van der Waals surface area contributed by atoms with Gasteiger partial charge < -0.3 is 14.8 Å². The summed E-state index contributed by atoms with van der Waals surface area (Å²) in [6, 6.07) is 11.8. The van der Waals surface area contributed by atoms with Crippen LogP contribution >= 0.6 is 11.8 Å². The van der Waals surface area contributed by atoms with Gasteiger partial charge in [-0.15, -0.1) is 16.8 Å². The van der Waals surface area contributed by atoms with E-state index >= 15 is 0 Å². The summed E-state index contributed by atoms with van der Waals surface area (Å²) in [7, 11) is 1.59. The number of methoxy groups -OCH3 is 1. The third-order valence-electron chi connectivity index (χ3n) is 4.80. The molecule has 0 bridgehead atoms. The molecule has 10 nitrogen and oxygen atoms in total. The number of nitro benzene ring substituents is 1. The van der Waals surface area contributed by atoms with E-state index in [1.54, 1.807) is 38.3 Å². The Hall–Kier alpha value is -3.86. The Labute approximate surface area is 201 Å². The van der Waals surface area contributed by atoms with Crippen LogP contribution in [0.4, 0.5) is 11.4 Å². The number of carbonyl (C=O) groups excluding carboxylic acids is 1. The quantitative estimate of drug-likeness (QED) is 0.182. The number of nitrogens with one attached hydrogen (secondary N) is 1. The number of amides is 1. The second-order valence-electron chi connectivity index (χ2n) is 7.27. The molecule has 11 heteroatoms. The number of aromatic nitrogens is 3. The molecule has 0 fully saturated rings. The molecule has 1 N–H and O–H groups in total. The number of hydrogen-bond donors (Lipinski definition) is 1. The molecule has 2 aromatic carbocycles. The second kappa shape index (κ2) is 11.3. The number of carbonyl (C=O) groups is 1. The van der Waals surface area contributed by atoms with Crippen LogP contribution in [-0.4, -0.2) is 38.5 Å². The lowest BCUT2D eigenvalue weighted by molar-refractivity contribution is -0.385. The molecule has 34 heavy (non-hydrogen) atoms. The molecule has 0 saturated heterocycles. The minimum absolute atomic E-state index is 0.0437. The number of thioether (sulfide) groups is 1. The number of aryl methyl sites for hydroxylation is 1. The molecule has 1 unspecified atom stereocenters. The highest BCUT2D eigenvalue weighted by molar-refractivity contribution is 7.99. The van der Waals surface area contributed by atoms with E-state index in [1.807, 2.05) is 29.7 Å². The number of rotatable bonds is 11. The minimum atomic E-state index is -0.478. The standard InChI is InChI=1S/C23H25N5O5S/c1-5-11-27-22(16(3)33-19-8-6-7-18(13-19)32-4)25-26-23(27)34-14-21(29)24-17-10-9-15(2)20(12-17)28(30)31/h5-10,12-13,16H,1,11,14H2,2-4H3,(H,24,29). The lowest BCUT2D eigenvalue weighted by Crippen LogP contribution is -2.15. The molecule has 0 aliphatic carbocycles. The molecule has 1 aromatic heterocycles. The first-order valence-corrected chi connectivity index (χ1v) is 11.3. The average molecular weight is 484 g/mol. The van der Waals surface area contributed by atoms with Crippen LogP contribution in [0.25, 0.3) is 0 Å². The van der Waals surface area contributed by atoms with Crippen molar-refractivity contribution in [1.29, 1.82) is 0 Å². The fraction of sp³-hybridized carbons (Fsp3) is 0.261. The normalized spacial score (nSPS) is 11.5. The summed E-state index contributed by atoms with van der Waals surface area (Å²) in [5.74, 6) is 1.61. The summed E-state index contributed by atoms with van der Waals surface area (Å²) >= 11 is 1.20. The van der Waals surface area contributed by atoms with Gasteiger partial charge in [-0.1, -0.05) is 30.0 Å². The van der Waals surface area contributed by atoms with Crippen molar-refractivity contribution in [1.82, 2.24) is 14.8 Å². The zero-order chi connectivity index (χ0) is 24.7. The summed E-state index contributed by atoms with van der Waals surface area (Å²) < 4.78 is 13.1. The van der Waals surface area contributed by atoms with Gasteiger partial charge in [0.15, 0.2) is 17.1 Å². The summed E-state index contributed by atoms with van der Waals surface area (Å²) in [4.78, 5) is 23.1. The maximum absolute atomic E-state index is 12.4. The maximum atomic E-state index is 12.4. The molecular weight excluding hydrogens is 458 g/mol. The van der Waals surface area contributed by atoms with E-state index in [9.17, 15) is 14.9 Å². The van der Waals surface area contributed by atoms with Gasteiger partial charge in [0.05, 0.1) is 17.8 Å². The van der Waals surface area contributed by atoms with Crippen molar-refractivity contribution >= 4 is 29.0 Å². The number of allylic oxidation sites excluding steroid dienone is 1. The topological polar surface area (TPSA) is 121 Å².